The molecule has 3 aliphatic heterocycles. The van der Waals surface area contributed by atoms with Crippen LogP contribution in [-0.4, -0.2) is 115 Å². The summed E-state index contributed by atoms with van der Waals surface area (Å²) in [4.78, 5) is 46.3. The minimum absolute atomic E-state index is 0.0545. The van der Waals surface area contributed by atoms with Crippen LogP contribution in [0, 0.1) is 17.8 Å². The molecule has 0 bridgehead atoms. The molecule has 3 heterocycles. The second kappa shape index (κ2) is 19.3. The number of nitrogens with one attached hydrogen (secondary N) is 1. The number of azide groups is 1. The SMILES string of the molecule is CC[C@H]1OC(=O)[C@H](C)C(=O)[C@H](C)[C@@H](O[C@@H]2OC(C)CC(N)C2O)[C@](C)(OC)C[C@@H](C)CN[C@H](Cc2ccccc2)[C@@H]2[C@@H]1OC(=O)N2CCCCN=[N+]=[N-]. The molecule has 4 N–H and O–H groups in total. The number of hydrogen-bond donors (Lipinski definition) is 3. The molecule has 1 aromatic carbocycles. The molecule has 15 nitrogen and oxygen atoms in total. The van der Waals surface area contributed by atoms with Crippen LogP contribution in [0.25, 0.3) is 10.4 Å². The molecular weight excluding hydrogens is 684 g/mol. The van der Waals surface area contributed by atoms with Crippen molar-refractivity contribution >= 4 is 17.8 Å². The summed E-state index contributed by atoms with van der Waals surface area (Å²) in [7, 11) is 1.56. The van der Waals surface area contributed by atoms with Gasteiger partial charge in [-0.05, 0) is 82.9 Å². The highest BCUT2D eigenvalue weighted by Gasteiger charge is 2.52. The number of ketones is 1. The van der Waals surface area contributed by atoms with Gasteiger partial charge in [-0.3, -0.25) is 14.5 Å². The summed E-state index contributed by atoms with van der Waals surface area (Å²) in [6.07, 6.45) is -2.78. The Kier molecular flexibility index (Phi) is 15.5. The van der Waals surface area contributed by atoms with E-state index in [2.05, 4.69) is 22.3 Å². The molecule has 4 rings (SSSR count). The third-order valence-corrected chi connectivity index (χ3v) is 11.1. The Morgan fingerprint density at radius 3 is 2.51 bits per heavy atom. The first-order valence-electron chi connectivity index (χ1n) is 19.0. The van der Waals surface area contributed by atoms with Gasteiger partial charge in [0.15, 0.2) is 18.2 Å². The number of nitrogens with zero attached hydrogens (tertiary/aromatic N) is 4. The van der Waals surface area contributed by atoms with Crippen LogP contribution in [0.4, 0.5) is 4.79 Å². The van der Waals surface area contributed by atoms with Crippen molar-refractivity contribution in [1.82, 2.24) is 10.2 Å². The molecule has 0 aliphatic carbocycles. The zero-order valence-corrected chi connectivity index (χ0v) is 32.3. The van der Waals surface area contributed by atoms with Crippen molar-refractivity contribution in [3.63, 3.8) is 0 Å². The first kappa shape index (κ1) is 42.4. The van der Waals surface area contributed by atoms with Crippen molar-refractivity contribution in [2.24, 2.45) is 28.6 Å². The Morgan fingerprint density at radius 1 is 1.13 bits per heavy atom. The second-order valence-corrected chi connectivity index (χ2v) is 15.3. The molecule has 3 aliphatic rings. The van der Waals surface area contributed by atoms with Crippen LogP contribution in [0.2, 0.25) is 0 Å². The number of aliphatic hydroxyl groups is 1. The van der Waals surface area contributed by atoms with E-state index < -0.39 is 78.1 Å². The lowest BCUT2D eigenvalue weighted by Crippen LogP contribution is -2.58. The van der Waals surface area contributed by atoms with E-state index in [1.165, 1.54) is 6.92 Å². The highest BCUT2D eigenvalue weighted by atomic mass is 16.7. The van der Waals surface area contributed by atoms with Crippen LogP contribution in [0.5, 0.6) is 0 Å². The van der Waals surface area contributed by atoms with E-state index in [1.807, 2.05) is 51.1 Å². The van der Waals surface area contributed by atoms with Crippen LogP contribution in [0.3, 0.4) is 0 Å². The number of rotatable bonds is 11. The quantitative estimate of drug-likeness (QED) is 0.0728. The predicted octanol–water partition coefficient (Wildman–Crippen LogP) is 4.28. The van der Waals surface area contributed by atoms with Gasteiger partial charge in [-0.1, -0.05) is 56.2 Å². The van der Waals surface area contributed by atoms with Crippen LogP contribution in [0.1, 0.15) is 79.2 Å². The molecule has 0 aromatic heterocycles. The van der Waals surface area contributed by atoms with Gasteiger partial charge in [-0.25, -0.2) is 4.79 Å². The minimum atomic E-state index is -1.20. The molecule has 53 heavy (non-hydrogen) atoms. The maximum atomic E-state index is 14.2. The van der Waals surface area contributed by atoms with Gasteiger partial charge < -0.3 is 39.8 Å². The lowest BCUT2D eigenvalue weighted by Gasteiger charge is -2.45. The normalized spacial score (nSPS) is 37.5. The van der Waals surface area contributed by atoms with Crippen LogP contribution >= 0.6 is 0 Å². The van der Waals surface area contributed by atoms with Crippen LogP contribution in [-0.2, 0) is 39.7 Å². The van der Waals surface area contributed by atoms with Gasteiger partial charge in [-0.15, -0.1) is 0 Å². The number of cyclic esters (lactones) is 1. The van der Waals surface area contributed by atoms with Crippen molar-refractivity contribution < 1.29 is 43.2 Å². The highest BCUT2D eigenvalue weighted by molar-refractivity contribution is 6.00. The molecular formula is C38H60N6O9. The van der Waals surface area contributed by atoms with E-state index >= 15 is 0 Å². The average Bonchev–Trinajstić information content (AvgIpc) is 3.46. The van der Waals surface area contributed by atoms with E-state index in [9.17, 15) is 19.5 Å². The maximum Gasteiger partial charge on any atom is 0.410 e. The fourth-order valence-electron chi connectivity index (χ4n) is 8.09. The van der Waals surface area contributed by atoms with Crippen molar-refractivity contribution in [3.8, 4) is 0 Å². The molecule has 3 unspecified atom stereocenters. The first-order chi connectivity index (χ1) is 25.2. The van der Waals surface area contributed by atoms with Gasteiger partial charge in [0, 0.05) is 43.1 Å². The fourth-order valence-corrected chi connectivity index (χ4v) is 8.09. The van der Waals surface area contributed by atoms with Crippen molar-refractivity contribution in [2.75, 3.05) is 26.7 Å². The van der Waals surface area contributed by atoms with Gasteiger partial charge in [0.25, 0.3) is 0 Å². The Balaban J connectivity index is 1.75. The summed E-state index contributed by atoms with van der Waals surface area (Å²) in [5, 5.41) is 18.4. The topological polar surface area (TPSA) is 208 Å². The van der Waals surface area contributed by atoms with E-state index in [0.717, 1.165) is 5.56 Å². The molecule has 1 amide bonds. The second-order valence-electron chi connectivity index (χ2n) is 15.3. The van der Waals surface area contributed by atoms with Crippen molar-refractivity contribution in [1.29, 1.82) is 0 Å². The van der Waals surface area contributed by atoms with Crippen molar-refractivity contribution in [3.05, 3.63) is 46.3 Å². The molecule has 0 radical (unpaired) electrons. The number of hydrogen-bond acceptors (Lipinski definition) is 12. The summed E-state index contributed by atoms with van der Waals surface area (Å²) < 4.78 is 30.9. The number of aliphatic hydroxyl groups excluding tert-OH is 1. The van der Waals surface area contributed by atoms with Crippen LogP contribution < -0.4 is 11.1 Å². The number of Topliss-reactive ketones (excluding diaryl/α,β-unsaturated/α-hetero) is 1. The Morgan fingerprint density at radius 2 is 1.85 bits per heavy atom. The first-order valence-corrected chi connectivity index (χ1v) is 19.0. The molecule has 3 fully saturated rings. The monoisotopic (exact) mass is 744 g/mol. The number of benzene rings is 1. The van der Waals surface area contributed by atoms with Gasteiger partial charge in [0.1, 0.15) is 18.1 Å². The number of unbranched alkanes of at least 4 members (excludes halogenated alkanes) is 1. The average molecular weight is 745 g/mol. The fraction of sp³-hybridized carbons (Fsp3) is 0.763. The summed E-state index contributed by atoms with van der Waals surface area (Å²) in [5.41, 5.74) is 14.9. The Bertz CT molecular complexity index is 1420. The Labute approximate surface area is 313 Å². The minimum Gasteiger partial charge on any atom is -0.458 e. The number of methoxy groups -OCH3 is 1. The molecule has 15 heteroatoms. The Hall–Kier alpha value is -3.30. The van der Waals surface area contributed by atoms with Crippen molar-refractivity contribution in [2.45, 2.75) is 141 Å². The smallest absolute Gasteiger partial charge is 0.410 e. The number of carbonyl (C=O) groups is 3. The third kappa shape index (κ3) is 10.5. The van der Waals surface area contributed by atoms with E-state index in [4.69, 9.17) is 34.9 Å². The predicted molar refractivity (Wildman–Crippen MR) is 196 cm³/mol. The molecule has 296 valence electrons. The largest absolute Gasteiger partial charge is 0.458 e. The molecule has 13 atom stereocenters. The number of nitrogens with two attached hydrogens (primary N) is 1. The van der Waals surface area contributed by atoms with Crippen LogP contribution in [0.15, 0.2) is 35.4 Å². The third-order valence-electron chi connectivity index (χ3n) is 11.1. The number of fused-ring (bicyclic) bond motifs is 1. The molecule has 3 saturated heterocycles. The number of amides is 1. The lowest BCUT2D eigenvalue weighted by molar-refractivity contribution is -0.288. The number of esters is 1. The summed E-state index contributed by atoms with van der Waals surface area (Å²) in [6, 6.07) is 8.47. The number of ether oxygens (including phenoxy) is 5. The summed E-state index contributed by atoms with van der Waals surface area (Å²) >= 11 is 0. The highest BCUT2D eigenvalue weighted by Crippen LogP contribution is 2.37. The van der Waals surface area contributed by atoms with Gasteiger partial charge in [-0.2, -0.15) is 0 Å². The van der Waals surface area contributed by atoms with Gasteiger partial charge >= 0.3 is 12.1 Å². The lowest BCUT2D eigenvalue weighted by atomic mass is 9.78. The zero-order chi connectivity index (χ0) is 38.9. The molecule has 0 spiro atoms. The molecule has 1 aromatic rings. The summed E-state index contributed by atoms with van der Waals surface area (Å²) in [5.74, 6) is -3.31. The molecule has 0 saturated carbocycles. The standard InChI is InChI=1S/C38H60N6O9/c1-8-29-33-30(44(37(48)52-33)17-13-12-16-42-43-40)28(19-26-14-10-9-11-15-26)41-21-22(2)20-38(6,49-7)34(24(4)31(45)25(5)35(47)51-29)53-36-32(46)27(39)18-23(3)50-36/h9-11,14-15,22-25,27-30,32-34,36,41,46H,8,12-13,16-21,39H2,1-7H3/t22-,23?,24+,25-,27?,28-,29-,30-,32?,33-,34-,36+,38-/m1/s1. The zero-order valence-electron chi connectivity index (χ0n) is 32.3. The van der Waals surface area contributed by atoms with E-state index in [-0.39, 0.29) is 18.1 Å². The maximum absolute atomic E-state index is 14.2. The van der Waals surface area contributed by atoms with E-state index in [0.29, 0.717) is 58.2 Å². The van der Waals surface area contributed by atoms with Gasteiger partial charge in [0.2, 0.25) is 0 Å². The van der Waals surface area contributed by atoms with Gasteiger partial charge in [0.05, 0.1) is 23.9 Å². The van der Waals surface area contributed by atoms with E-state index in [1.54, 1.807) is 18.9 Å². The summed E-state index contributed by atoms with van der Waals surface area (Å²) in [6.45, 7) is 12.0. The number of carbonyl (C=O) groups excluding carboxylic acids is 3.